The van der Waals surface area contributed by atoms with E-state index < -0.39 is 5.82 Å². The van der Waals surface area contributed by atoms with Crippen LogP contribution in [-0.4, -0.2) is 44.0 Å². The number of carbonyl (C=O) groups excluding carboxylic acids is 1. The fourth-order valence-corrected chi connectivity index (χ4v) is 4.07. The number of nitrogens with one attached hydrogen (secondary N) is 1. The summed E-state index contributed by atoms with van der Waals surface area (Å²) < 4.78 is 13.8. The first kappa shape index (κ1) is 22.1. The van der Waals surface area contributed by atoms with Gasteiger partial charge >= 0.3 is 0 Å². The van der Waals surface area contributed by atoms with Gasteiger partial charge in [0.1, 0.15) is 5.82 Å². The van der Waals surface area contributed by atoms with Crippen molar-refractivity contribution in [2.24, 2.45) is 0 Å². The van der Waals surface area contributed by atoms with Gasteiger partial charge in [0, 0.05) is 37.4 Å². The Bertz CT molecular complexity index is 1140. The first-order chi connectivity index (χ1) is 15.3. The summed E-state index contributed by atoms with van der Waals surface area (Å²) in [5.41, 5.74) is 10.8. The first-order valence-corrected chi connectivity index (χ1v) is 10.9. The van der Waals surface area contributed by atoms with Gasteiger partial charge in [-0.05, 0) is 61.5 Å². The van der Waals surface area contributed by atoms with Crippen LogP contribution in [0.1, 0.15) is 15.9 Å². The summed E-state index contributed by atoms with van der Waals surface area (Å²) >= 11 is 6.26. The zero-order valence-corrected chi connectivity index (χ0v) is 18.9. The van der Waals surface area contributed by atoms with Crippen LogP contribution in [0, 0.1) is 12.7 Å². The van der Waals surface area contributed by atoms with Gasteiger partial charge in [-0.15, -0.1) is 0 Å². The number of likely N-dealkylation sites (N-methyl/N-ethyl adjacent to an activating group) is 1. The number of nitrogens with zero attached hydrogens (tertiary/aromatic N) is 2. The summed E-state index contributed by atoms with van der Waals surface area (Å²) in [7, 11) is 2.10. The third-order valence-electron chi connectivity index (χ3n) is 5.90. The molecule has 3 N–H and O–H groups in total. The van der Waals surface area contributed by atoms with E-state index in [0.29, 0.717) is 11.4 Å². The molecule has 0 atom stereocenters. The van der Waals surface area contributed by atoms with E-state index in [1.54, 1.807) is 6.92 Å². The second-order valence-electron chi connectivity index (χ2n) is 8.13. The minimum Gasteiger partial charge on any atom is -0.399 e. The van der Waals surface area contributed by atoms with E-state index in [1.807, 2.05) is 36.4 Å². The minimum atomic E-state index is -0.433. The van der Waals surface area contributed by atoms with Crippen molar-refractivity contribution >= 4 is 34.6 Å². The zero-order valence-electron chi connectivity index (χ0n) is 18.2. The largest absolute Gasteiger partial charge is 0.399 e. The van der Waals surface area contributed by atoms with Crippen LogP contribution in [0.3, 0.4) is 0 Å². The fourth-order valence-electron chi connectivity index (χ4n) is 3.83. The lowest BCUT2D eigenvalue weighted by Crippen LogP contribution is -2.44. The van der Waals surface area contributed by atoms with E-state index in [0.717, 1.165) is 43.0 Å². The molecule has 1 fully saturated rings. The lowest BCUT2D eigenvalue weighted by atomic mass is 10.0. The second-order valence-corrected chi connectivity index (χ2v) is 8.51. The molecule has 4 rings (SSSR count). The Labute approximate surface area is 192 Å². The molecule has 7 heteroatoms. The highest BCUT2D eigenvalue weighted by Gasteiger charge is 2.21. The van der Waals surface area contributed by atoms with E-state index >= 15 is 0 Å². The molecule has 0 spiro atoms. The highest BCUT2D eigenvalue weighted by atomic mass is 35.5. The smallest absolute Gasteiger partial charge is 0.257 e. The van der Waals surface area contributed by atoms with E-state index in [4.69, 9.17) is 17.3 Å². The fraction of sp³-hybridized carbons (Fsp3) is 0.240. The molecule has 32 heavy (non-hydrogen) atoms. The van der Waals surface area contributed by atoms with Crippen LogP contribution in [0.25, 0.3) is 11.1 Å². The van der Waals surface area contributed by atoms with Gasteiger partial charge in [0.25, 0.3) is 5.91 Å². The average molecular weight is 453 g/mol. The predicted octanol–water partition coefficient (Wildman–Crippen LogP) is 5.04. The van der Waals surface area contributed by atoms with Crippen molar-refractivity contribution in [3.8, 4) is 11.1 Å². The Morgan fingerprint density at radius 3 is 2.34 bits per heavy atom. The Morgan fingerprint density at radius 2 is 1.66 bits per heavy atom. The van der Waals surface area contributed by atoms with Crippen LogP contribution in [0.2, 0.25) is 5.02 Å². The summed E-state index contributed by atoms with van der Waals surface area (Å²) in [5.74, 6) is -0.800. The molecule has 1 heterocycles. The Morgan fingerprint density at radius 1 is 1.00 bits per heavy atom. The minimum absolute atomic E-state index is 0.127. The molecular formula is C25H26ClFN4O. The third kappa shape index (κ3) is 4.56. The van der Waals surface area contributed by atoms with E-state index in [1.165, 1.54) is 12.1 Å². The molecule has 0 aromatic heterocycles. The number of benzene rings is 3. The summed E-state index contributed by atoms with van der Waals surface area (Å²) in [6, 6.07) is 16.4. The van der Waals surface area contributed by atoms with Crippen molar-refractivity contribution in [2.75, 3.05) is 49.2 Å². The number of carbonyl (C=O) groups is 1. The number of piperazine rings is 1. The Kier molecular flexibility index (Phi) is 6.35. The number of hydrogen-bond acceptors (Lipinski definition) is 4. The van der Waals surface area contributed by atoms with Crippen LogP contribution in [0.15, 0.2) is 54.6 Å². The molecule has 1 saturated heterocycles. The first-order valence-electron chi connectivity index (χ1n) is 10.5. The molecule has 5 nitrogen and oxygen atoms in total. The Hall–Kier alpha value is -3.09. The molecule has 0 radical (unpaired) electrons. The van der Waals surface area contributed by atoms with Crippen LogP contribution in [0.5, 0.6) is 0 Å². The number of nitrogen functional groups attached to an aromatic ring is 1. The van der Waals surface area contributed by atoms with Crippen LogP contribution >= 0.6 is 11.6 Å². The maximum atomic E-state index is 13.8. The molecule has 0 unspecified atom stereocenters. The van der Waals surface area contributed by atoms with Gasteiger partial charge in [0.15, 0.2) is 0 Å². The quantitative estimate of drug-likeness (QED) is 0.544. The monoisotopic (exact) mass is 452 g/mol. The van der Waals surface area contributed by atoms with Crippen LogP contribution < -0.4 is 16.0 Å². The van der Waals surface area contributed by atoms with Gasteiger partial charge in [-0.3, -0.25) is 4.79 Å². The zero-order chi connectivity index (χ0) is 22.8. The maximum Gasteiger partial charge on any atom is 0.257 e. The molecule has 3 aromatic carbocycles. The van der Waals surface area contributed by atoms with Gasteiger partial charge in [0.05, 0.1) is 22.0 Å². The molecule has 0 saturated carbocycles. The van der Waals surface area contributed by atoms with Crippen molar-refractivity contribution in [3.05, 3.63) is 76.6 Å². The number of nitrogens with two attached hydrogens (primary N) is 1. The Balaban J connectivity index is 1.69. The molecule has 1 aliphatic heterocycles. The van der Waals surface area contributed by atoms with Crippen LogP contribution in [-0.2, 0) is 0 Å². The average Bonchev–Trinajstić information content (AvgIpc) is 2.79. The standard InChI is InChI=1S/C25H26ClFN4O/c1-16-21(27)9-8-20(24(16)26)25(32)29-22-10-5-18(17-3-6-19(28)7-4-17)15-23(22)31-13-11-30(2)12-14-31/h3-10,15H,11-14,28H2,1-2H3,(H,29,32). The number of rotatable bonds is 4. The number of anilines is 3. The summed E-state index contributed by atoms with van der Waals surface area (Å²) in [6.45, 7) is 5.12. The van der Waals surface area contributed by atoms with E-state index in [-0.39, 0.29) is 22.1 Å². The third-order valence-corrected chi connectivity index (χ3v) is 6.39. The molecular weight excluding hydrogens is 427 g/mol. The highest BCUT2D eigenvalue weighted by Crippen LogP contribution is 2.34. The molecule has 0 bridgehead atoms. The van der Waals surface area contributed by atoms with Crippen molar-refractivity contribution in [3.63, 3.8) is 0 Å². The summed E-state index contributed by atoms with van der Waals surface area (Å²) in [4.78, 5) is 17.6. The van der Waals surface area contributed by atoms with Crippen molar-refractivity contribution in [2.45, 2.75) is 6.92 Å². The number of amides is 1. The normalized spacial score (nSPS) is 14.4. The second kappa shape index (κ2) is 9.18. The lowest BCUT2D eigenvalue weighted by Gasteiger charge is -2.35. The van der Waals surface area contributed by atoms with Gasteiger partial charge in [-0.25, -0.2) is 4.39 Å². The molecule has 3 aromatic rings. The highest BCUT2D eigenvalue weighted by molar-refractivity contribution is 6.35. The van der Waals surface area contributed by atoms with Crippen LogP contribution in [0.4, 0.5) is 21.5 Å². The van der Waals surface area contributed by atoms with Crippen molar-refractivity contribution in [1.29, 1.82) is 0 Å². The lowest BCUT2D eigenvalue weighted by molar-refractivity contribution is 0.102. The molecule has 1 amide bonds. The number of halogens is 2. The summed E-state index contributed by atoms with van der Waals surface area (Å²) in [6.07, 6.45) is 0. The molecule has 0 aliphatic carbocycles. The molecule has 1 aliphatic rings. The number of hydrogen-bond donors (Lipinski definition) is 2. The van der Waals surface area contributed by atoms with E-state index in [2.05, 4.69) is 28.2 Å². The maximum absolute atomic E-state index is 13.8. The van der Waals surface area contributed by atoms with Gasteiger partial charge < -0.3 is 20.9 Å². The van der Waals surface area contributed by atoms with Gasteiger partial charge in [-0.1, -0.05) is 29.8 Å². The van der Waals surface area contributed by atoms with Gasteiger partial charge in [-0.2, -0.15) is 0 Å². The van der Waals surface area contributed by atoms with E-state index in [9.17, 15) is 9.18 Å². The SMILES string of the molecule is Cc1c(F)ccc(C(=O)Nc2ccc(-c3ccc(N)cc3)cc2N2CCN(C)CC2)c1Cl. The summed E-state index contributed by atoms with van der Waals surface area (Å²) in [5, 5.41) is 3.12. The van der Waals surface area contributed by atoms with Crippen molar-refractivity contribution in [1.82, 2.24) is 4.90 Å². The molecule has 166 valence electrons. The van der Waals surface area contributed by atoms with Gasteiger partial charge in [0.2, 0.25) is 0 Å². The topological polar surface area (TPSA) is 61.6 Å². The predicted molar refractivity (Wildman–Crippen MR) is 130 cm³/mol. The van der Waals surface area contributed by atoms with Crippen molar-refractivity contribution < 1.29 is 9.18 Å².